The van der Waals surface area contributed by atoms with Crippen LogP contribution in [0.25, 0.3) is 22.2 Å². The SMILES string of the molecule is Cc1ccc(-c2cc(C(=O)Nc3sc4c(c3C#N)CCCCC4)c3ccccc3n2)cc1. The van der Waals surface area contributed by atoms with Gasteiger partial charge in [-0.15, -0.1) is 11.3 Å². The van der Waals surface area contributed by atoms with Crippen molar-refractivity contribution >= 4 is 33.1 Å². The van der Waals surface area contributed by atoms with Crippen LogP contribution in [0.5, 0.6) is 0 Å². The highest BCUT2D eigenvalue weighted by Gasteiger charge is 2.22. The molecule has 2 aromatic carbocycles. The maximum absolute atomic E-state index is 13.5. The third-order valence-corrected chi connectivity index (χ3v) is 7.28. The minimum atomic E-state index is -0.204. The van der Waals surface area contributed by atoms with Crippen molar-refractivity contribution in [3.63, 3.8) is 0 Å². The number of pyridine rings is 1. The van der Waals surface area contributed by atoms with Gasteiger partial charge in [-0.05, 0) is 50.3 Å². The van der Waals surface area contributed by atoms with Crippen LogP contribution in [-0.2, 0) is 12.8 Å². The summed E-state index contributed by atoms with van der Waals surface area (Å²) < 4.78 is 0. The number of thiophene rings is 1. The molecule has 0 spiro atoms. The minimum Gasteiger partial charge on any atom is -0.312 e. The smallest absolute Gasteiger partial charge is 0.257 e. The molecule has 5 rings (SSSR count). The van der Waals surface area contributed by atoms with Crippen LogP contribution in [0.2, 0.25) is 0 Å². The molecule has 2 heterocycles. The quantitative estimate of drug-likeness (QED) is 0.364. The summed E-state index contributed by atoms with van der Waals surface area (Å²) in [5, 5.41) is 14.4. The van der Waals surface area contributed by atoms with E-state index in [-0.39, 0.29) is 5.91 Å². The van der Waals surface area contributed by atoms with E-state index in [9.17, 15) is 10.1 Å². The molecular formula is C27H23N3OS. The number of hydrogen-bond acceptors (Lipinski definition) is 4. The molecule has 0 atom stereocenters. The zero-order valence-electron chi connectivity index (χ0n) is 17.9. The lowest BCUT2D eigenvalue weighted by atomic mass is 10.0. The molecule has 2 aromatic heterocycles. The van der Waals surface area contributed by atoms with Crippen molar-refractivity contribution in [2.75, 3.05) is 5.32 Å². The second-order valence-corrected chi connectivity index (χ2v) is 9.38. The molecule has 5 heteroatoms. The number of hydrogen-bond donors (Lipinski definition) is 1. The van der Waals surface area contributed by atoms with E-state index in [4.69, 9.17) is 4.98 Å². The lowest BCUT2D eigenvalue weighted by Gasteiger charge is -2.10. The molecule has 1 aliphatic rings. The Bertz CT molecular complexity index is 1360. The van der Waals surface area contributed by atoms with E-state index in [0.29, 0.717) is 16.1 Å². The first-order chi connectivity index (χ1) is 15.6. The third-order valence-electron chi connectivity index (χ3n) is 6.07. The van der Waals surface area contributed by atoms with Crippen LogP contribution in [0.3, 0.4) is 0 Å². The van der Waals surface area contributed by atoms with Crippen molar-refractivity contribution in [1.29, 1.82) is 5.26 Å². The fourth-order valence-electron chi connectivity index (χ4n) is 4.35. The van der Waals surface area contributed by atoms with Crippen LogP contribution in [0, 0.1) is 18.3 Å². The first-order valence-electron chi connectivity index (χ1n) is 11.0. The number of anilines is 1. The largest absolute Gasteiger partial charge is 0.312 e. The van der Waals surface area contributed by atoms with Crippen molar-refractivity contribution in [1.82, 2.24) is 4.98 Å². The number of nitrogens with zero attached hydrogens (tertiary/aromatic N) is 2. The second-order valence-electron chi connectivity index (χ2n) is 8.27. The van der Waals surface area contributed by atoms with Gasteiger partial charge in [-0.25, -0.2) is 4.98 Å². The molecule has 0 radical (unpaired) electrons. The maximum Gasteiger partial charge on any atom is 0.257 e. The predicted octanol–water partition coefficient (Wildman–Crippen LogP) is 6.66. The van der Waals surface area contributed by atoms with Gasteiger partial charge in [0.2, 0.25) is 0 Å². The molecular weight excluding hydrogens is 414 g/mol. The standard InChI is InChI=1S/C27H23N3OS/c1-17-11-13-18(14-12-17)24-15-21(19-7-5-6-9-23(19)29-24)26(31)30-27-22(16-28)20-8-3-2-4-10-25(20)32-27/h5-7,9,11-15H,2-4,8,10H2,1H3,(H,30,31). The second kappa shape index (κ2) is 8.57. The van der Waals surface area contributed by atoms with E-state index in [2.05, 4.69) is 11.4 Å². The van der Waals surface area contributed by atoms with Crippen molar-refractivity contribution in [2.45, 2.75) is 39.0 Å². The van der Waals surface area contributed by atoms with Gasteiger partial charge in [-0.1, -0.05) is 54.4 Å². The van der Waals surface area contributed by atoms with Crippen molar-refractivity contribution in [2.24, 2.45) is 0 Å². The van der Waals surface area contributed by atoms with Gasteiger partial charge in [-0.2, -0.15) is 5.26 Å². The number of aromatic nitrogens is 1. The molecule has 0 saturated carbocycles. The van der Waals surface area contributed by atoms with Gasteiger partial charge in [0.25, 0.3) is 5.91 Å². The zero-order valence-corrected chi connectivity index (χ0v) is 18.8. The molecule has 0 bridgehead atoms. The van der Waals surface area contributed by atoms with E-state index in [1.807, 2.05) is 61.5 Å². The summed E-state index contributed by atoms with van der Waals surface area (Å²) >= 11 is 1.56. The number of nitriles is 1. The fraction of sp³-hybridized carbons (Fsp3) is 0.222. The van der Waals surface area contributed by atoms with Crippen molar-refractivity contribution in [3.8, 4) is 17.3 Å². The normalized spacial score (nSPS) is 13.2. The fourth-order valence-corrected chi connectivity index (χ4v) is 5.59. The molecule has 4 aromatic rings. The van der Waals surface area contributed by atoms with Crippen molar-refractivity contribution in [3.05, 3.63) is 81.7 Å². The number of rotatable bonds is 3. The number of carbonyl (C=O) groups excluding carboxylic acids is 1. The minimum absolute atomic E-state index is 0.204. The summed E-state index contributed by atoms with van der Waals surface area (Å²) in [6, 6.07) is 20.0. The third kappa shape index (κ3) is 3.79. The van der Waals surface area contributed by atoms with Gasteiger partial charge in [-0.3, -0.25) is 4.79 Å². The Morgan fingerprint density at radius 3 is 2.66 bits per heavy atom. The summed E-state index contributed by atoms with van der Waals surface area (Å²) in [6.45, 7) is 2.05. The Labute approximate surface area is 191 Å². The molecule has 4 nitrogen and oxygen atoms in total. The monoisotopic (exact) mass is 437 g/mol. The van der Waals surface area contributed by atoms with Gasteiger partial charge in [0.05, 0.1) is 22.3 Å². The molecule has 158 valence electrons. The van der Waals surface area contributed by atoms with Crippen LogP contribution in [0.1, 0.15) is 51.2 Å². The first kappa shape index (κ1) is 20.4. The lowest BCUT2D eigenvalue weighted by Crippen LogP contribution is -2.13. The Hall–Kier alpha value is -3.49. The highest BCUT2D eigenvalue weighted by atomic mass is 32.1. The summed E-state index contributed by atoms with van der Waals surface area (Å²) in [4.78, 5) is 19.5. The summed E-state index contributed by atoms with van der Waals surface area (Å²) in [7, 11) is 0. The molecule has 0 aliphatic heterocycles. The van der Waals surface area contributed by atoms with Crippen LogP contribution < -0.4 is 5.32 Å². The van der Waals surface area contributed by atoms with Gasteiger partial charge in [0, 0.05) is 15.8 Å². The number of aryl methyl sites for hydroxylation is 2. The van der Waals surface area contributed by atoms with E-state index < -0.39 is 0 Å². The number of carbonyl (C=O) groups is 1. The molecule has 0 saturated heterocycles. The van der Waals surface area contributed by atoms with E-state index in [0.717, 1.165) is 53.4 Å². The summed E-state index contributed by atoms with van der Waals surface area (Å²) in [5.74, 6) is -0.204. The summed E-state index contributed by atoms with van der Waals surface area (Å²) in [6.07, 6.45) is 5.33. The van der Waals surface area contributed by atoms with Crippen LogP contribution in [0.15, 0.2) is 54.6 Å². The number of amides is 1. The van der Waals surface area contributed by atoms with E-state index >= 15 is 0 Å². The number of para-hydroxylation sites is 1. The molecule has 32 heavy (non-hydrogen) atoms. The van der Waals surface area contributed by atoms with Gasteiger partial charge < -0.3 is 5.32 Å². The van der Waals surface area contributed by atoms with E-state index in [1.165, 1.54) is 16.9 Å². The van der Waals surface area contributed by atoms with Crippen LogP contribution in [-0.4, -0.2) is 10.9 Å². The highest BCUT2D eigenvalue weighted by molar-refractivity contribution is 7.16. The Morgan fingerprint density at radius 1 is 1.06 bits per heavy atom. The average molecular weight is 438 g/mol. The van der Waals surface area contributed by atoms with Crippen LogP contribution in [0.4, 0.5) is 5.00 Å². The lowest BCUT2D eigenvalue weighted by molar-refractivity contribution is 0.102. The first-order valence-corrected chi connectivity index (χ1v) is 11.8. The molecule has 0 fully saturated rings. The maximum atomic E-state index is 13.5. The van der Waals surface area contributed by atoms with Gasteiger partial charge >= 0.3 is 0 Å². The van der Waals surface area contributed by atoms with Gasteiger partial charge in [0.1, 0.15) is 11.1 Å². The van der Waals surface area contributed by atoms with Crippen LogP contribution >= 0.6 is 11.3 Å². The predicted molar refractivity (Wildman–Crippen MR) is 130 cm³/mol. The number of fused-ring (bicyclic) bond motifs is 2. The topological polar surface area (TPSA) is 65.8 Å². The molecule has 1 amide bonds. The highest BCUT2D eigenvalue weighted by Crippen LogP contribution is 2.37. The van der Waals surface area contributed by atoms with Crippen molar-refractivity contribution < 1.29 is 4.79 Å². The Balaban J connectivity index is 1.57. The molecule has 0 unspecified atom stereocenters. The zero-order chi connectivity index (χ0) is 22.1. The Kier molecular flexibility index (Phi) is 5.46. The average Bonchev–Trinajstić information content (AvgIpc) is 2.97. The van der Waals surface area contributed by atoms with E-state index in [1.54, 1.807) is 11.3 Å². The Morgan fingerprint density at radius 2 is 1.84 bits per heavy atom. The molecule has 1 N–H and O–H groups in total. The number of benzene rings is 2. The summed E-state index contributed by atoms with van der Waals surface area (Å²) in [5.41, 5.74) is 6.01. The van der Waals surface area contributed by atoms with Gasteiger partial charge in [0.15, 0.2) is 0 Å². The molecule has 1 aliphatic carbocycles. The number of nitrogens with one attached hydrogen (secondary N) is 1.